The lowest BCUT2D eigenvalue weighted by Gasteiger charge is -2.38. The summed E-state index contributed by atoms with van der Waals surface area (Å²) in [6.07, 6.45) is 7.53. The number of aryl methyl sites for hydroxylation is 1. The standard InChI is InChI=1S/C25H30FN7O/c1-14(2)24-25(34)31-22-15(3)30-21(8-20(22)32(24)4)27-10-17-11-29-33(13-17)12-16-7-19(26)23(28-9-16)18-5-6-18/h7-9,11,13-14,18,24H,5-6,10,12H2,1-4H3,(H,27,30)(H,31,34). The second-order valence-corrected chi connectivity index (χ2v) is 9.66. The molecule has 1 atom stereocenters. The molecule has 3 aromatic heterocycles. The Morgan fingerprint density at radius 3 is 2.74 bits per heavy atom. The molecule has 1 amide bonds. The summed E-state index contributed by atoms with van der Waals surface area (Å²) in [5, 5.41) is 10.8. The molecular formula is C25H30FN7O. The van der Waals surface area contributed by atoms with Crippen molar-refractivity contribution >= 4 is 23.1 Å². The van der Waals surface area contributed by atoms with Crippen LogP contribution in [0.5, 0.6) is 0 Å². The third-order valence-corrected chi connectivity index (χ3v) is 6.52. The van der Waals surface area contributed by atoms with Crippen molar-refractivity contribution in [3.05, 3.63) is 59.1 Å². The number of likely N-dealkylation sites (N-methyl/N-ethyl adjacent to an activating group) is 1. The van der Waals surface area contributed by atoms with Crippen molar-refractivity contribution in [1.29, 1.82) is 0 Å². The van der Waals surface area contributed by atoms with Gasteiger partial charge in [-0.25, -0.2) is 9.37 Å². The van der Waals surface area contributed by atoms with Crippen LogP contribution in [0.3, 0.4) is 0 Å². The average molecular weight is 464 g/mol. The smallest absolute Gasteiger partial charge is 0.247 e. The van der Waals surface area contributed by atoms with Gasteiger partial charge in [0.2, 0.25) is 5.91 Å². The zero-order valence-electron chi connectivity index (χ0n) is 20.0. The largest absolute Gasteiger partial charge is 0.366 e. The first-order chi connectivity index (χ1) is 16.3. The minimum Gasteiger partial charge on any atom is -0.366 e. The SMILES string of the molecule is Cc1nc(NCc2cnn(Cc3cnc(C4CC4)c(F)c3)c2)cc2c1NC(=O)C(C(C)C)N2C. The van der Waals surface area contributed by atoms with Crippen molar-refractivity contribution in [2.45, 2.75) is 58.7 Å². The fourth-order valence-electron chi connectivity index (χ4n) is 4.65. The number of pyridine rings is 2. The van der Waals surface area contributed by atoms with Crippen LogP contribution in [-0.2, 0) is 17.9 Å². The molecule has 0 spiro atoms. The van der Waals surface area contributed by atoms with E-state index in [-0.39, 0.29) is 23.7 Å². The maximum atomic E-state index is 14.3. The van der Waals surface area contributed by atoms with Crippen molar-refractivity contribution in [2.24, 2.45) is 5.92 Å². The summed E-state index contributed by atoms with van der Waals surface area (Å²) >= 11 is 0. The van der Waals surface area contributed by atoms with Gasteiger partial charge in [0, 0.05) is 43.5 Å². The van der Waals surface area contributed by atoms with Gasteiger partial charge in [-0.1, -0.05) is 13.8 Å². The number of nitrogens with one attached hydrogen (secondary N) is 2. The minimum atomic E-state index is -0.224. The maximum absolute atomic E-state index is 14.3. The Labute approximate surface area is 198 Å². The quantitative estimate of drug-likeness (QED) is 0.549. The highest BCUT2D eigenvalue weighted by Gasteiger charge is 2.34. The predicted octanol–water partition coefficient (Wildman–Crippen LogP) is 4.07. The van der Waals surface area contributed by atoms with Gasteiger partial charge in [0.15, 0.2) is 0 Å². The Hall–Kier alpha value is -3.49. The molecule has 0 radical (unpaired) electrons. The van der Waals surface area contributed by atoms with E-state index < -0.39 is 0 Å². The minimum absolute atomic E-state index is 0.000263. The molecule has 2 N–H and O–H groups in total. The summed E-state index contributed by atoms with van der Waals surface area (Å²) in [7, 11) is 1.95. The van der Waals surface area contributed by atoms with Crippen LogP contribution in [0, 0.1) is 18.7 Å². The predicted molar refractivity (Wildman–Crippen MR) is 129 cm³/mol. The van der Waals surface area contributed by atoms with Gasteiger partial charge >= 0.3 is 0 Å². The fraction of sp³-hybridized carbons (Fsp3) is 0.440. The van der Waals surface area contributed by atoms with Gasteiger partial charge in [0.1, 0.15) is 17.7 Å². The highest BCUT2D eigenvalue weighted by atomic mass is 19.1. The molecule has 5 rings (SSSR count). The number of aromatic nitrogens is 4. The van der Waals surface area contributed by atoms with E-state index in [4.69, 9.17) is 0 Å². The van der Waals surface area contributed by atoms with E-state index in [0.717, 1.165) is 46.9 Å². The summed E-state index contributed by atoms with van der Waals surface area (Å²) < 4.78 is 16.1. The van der Waals surface area contributed by atoms with E-state index in [1.807, 2.05) is 45.0 Å². The molecule has 0 bridgehead atoms. The van der Waals surface area contributed by atoms with Crippen molar-refractivity contribution in [3.63, 3.8) is 0 Å². The Bertz CT molecular complexity index is 1230. The summed E-state index contributed by atoms with van der Waals surface area (Å²) in [5.74, 6) is 0.993. The zero-order chi connectivity index (χ0) is 24.0. The van der Waals surface area contributed by atoms with Gasteiger partial charge in [-0.3, -0.25) is 14.5 Å². The highest BCUT2D eigenvalue weighted by Crippen LogP contribution is 2.40. The van der Waals surface area contributed by atoms with Crippen molar-refractivity contribution in [3.8, 4) is 0 Å². The molecule has 0 aromatic carbocycles. The van der Waals surface area contributed by atoms with Crippen LogP contribution in [0.25, 0.3) is 0 Å². The molecule has 4 heterocycles. The molecule has 1 fully saturated rings. The first-order valence-corrected chi connectivity index (χ1v) is 11.7. The molecule has 8 nitrogen and oxygen atoms in total. The van der Waals surface area contributed by atoms with Crippen LogP contribution in [0.15, 0.2) is 30.7 Å². The Morgan fingerprint density at radius 1 is 1.24 bits per heavy atom. The van der Waals surface area contributed by atoms with Crippen LogP contribution < -0.4 is 15.5 Å². The topological polar surface area (TPSA) is 88.0 Å². The summed E-state index contributed by atoms with van der Waals surface area (Å²) in [6, 6.07) is 3.31. The second-order valence-electron chi connectivity index (χ2n) is 9.66. The number of carbonyl (C=O) groups is 1. The average Bonchev–Trinajstić information content (AvgIpc) is 3.52. The normalized spacial score (nSPS) is 17.6. The number of halogens is 1. The van der Waals surface area contributed by atoms with E-state index in [1.54, 1.807) is 23.1 Å². The molecule has 1 saturated carbocycles. The number of rotatable bonds is 7. The number of amides is 1. The lowest BCUT2D eigenvalue weighted by atomic mass is 9.98. The van der Waals surface area contributed by atoms with Crippen LogP contribution in [0.4, 0.5) is 21.6 Å². The van der Waals surface area contributed by atoms with Crippen LogP contribution >= 0.6 is 0 Å². The van der Waals surface area contributed by atoms with Crippen LogP contribution in [-0.4, -0.2) is 38.7 Å². The van der Waals surface area contributed by atoms with E-state index in [1.165, 1.54) is 0 Å². The second kappa shape index (κ2) is 8.70. The van der Waals surface area contributed by atoms with E-state index in [9.17, 15) is 9.18 Å². The number of hydrogen-bond acceptors (Lipinski definition) is 6. The molecule has 34 heavy (non-hydrogen) atoms. The van der Waals surface area contributed by atoms with E-state index in [0.29, 0.717) is 24.7 Å². The molecule has 178 valence electrons. The lowest BCUT2D eigenvalue weighted by molar-refractivity contribution is -0.118. The molecule has 3 aromatic rings. The van der Waals surface area contributed by atoms with Crippen LogP contribution in [0.1, 0.15) is 55.1 Å². The lowest BCUT2D eigenvalue weighted by Crippen LogP contribution is -2.49. The Morgan fingerprint density at radius 2 is 2.03 bits per heavy atom. The molecule has 1 aliphatic carbocycles. The number of fused-ring (bicyclic) bond motifs is 1. The molecule has 9 heteroatoms. The Kier molecular flexibility index (Phi) is 5.71. The van der Waals surface area contributed by atoms with E-state index >= 15 is 0 Å². The first kappa shape index (κ1) is 22.3. The maximum Gasteiger partial charge on any atom is 0.247 e. The van der Waals surface area contributed by atoms with Gasteiger partial charge in [-0.05, 0) is 37.3 Å². The molecule has 1 aliphatic heterocycles. The zero-order valence-corrected chi connectivity index (χ0v) is 20.0. The number of carbonyl (C=O) groups excluding carboxylic acids is 1. The van der Waals surface area contributed by atoms with Crippen molar-refractivity contribution in [2.75, 3.05) is 22.6 Å². The molecule has 2 aliphatic rings. The number of hydrogen-bond donors (Lipinski definition) is 2. The third-order valence-electron chi connectivity index (χ3n) is 6.52. The number of nitrogens with zero attached hydrogens (tertiary/aromatic N) is 5. The van der Waals surface area contributed by atoms with Gasteiger partial charge in [0.25, 0.3) is 0 Å². The molecule has 1 unspecified atom stereocenters. The summed E-state index contributed by atoms with van der Waals surface area (Å²) in [4.78, 5) is 23.5. The van der Waals surface area contributed by atoms with Crippen LogP contribution in [0.2, 0.25) is 0 Å². The third kappa shape index (κ3) is 4.34. The van der Waals surface area contributed by atoms with Crippen molar-refractivity contribution < 1.29 is 9.18 Å². The van der Waals surface area contributed by atoms with E-state index in [2.05, 4.69) is 25.7 Å². The number of anilines is 3. The first-order valence-electron chi connectivity index (χ1n) is 11.7. The fourth-order valence-corrected chi connectivity index (χ4v) is 4.65. The van der Waals surface area contributed by atoms with Gasteiger partial charge < -0.3 is 15.5 Å². The summed E-state index contributed by atoms with van der Waals surface area (Å²) in [5.41, 5.74) is 4.85. The van der Waals surface area contributed by atoms with Crippen molar-refractivity contribution in [1.82, 2.24) is 19.7 Å². The Balaban J connectivity index is 1.26. The van der Waals surface area contributed by atoms with Gasteiger partial charge in [-0.15, -0.1) is 0 Å². The van der Waals surface area contributed by atoms with Gasteiger partial charge in [-0.2, -0.15) is 5.10 Å². The molecule has 0 saturated heterocycles. The monoisotopic (exact) mass is 463 g/mol. The highest BCUT2D eigenvalue weighted by molar-refractivity contribution is 6.04. The van der Waals surface area contributed by atoms with Gasteiger partial charge in [0.05, 0.1) is 35.5 Å². The summed E-state index contributed by atoms with van der Waals surface area (Å²) in [6.45, 7) is 6.99. The molecular weight excluding hydrogens is 433 g/mol.